The third-order valence-corrected chi connectivity index (χ3v) is 5.49. The van der Waals surface area contributed by atoms with Gasteiger partial charge in [0, 0.05) is 19.1 Å². The average Bonchev–Trinajstić information content (AvgIpc) is 3.17. The Morgan fingerprint density at radius 2 is 1.93 bits per heavy atom. The zero-order valence-electron chi connectivity index (χ0n) is 17.6. The normalized spacial score (nSPS) is 23.4. The second-order valence-corrected chi connectivity index (χ2v) is 8.87. The third-order valence-electron chi connectivity index (χ3n) is 5.49. The van der Waals surface area contributed by atoms with E-state index in [2.05, 4.69) is 5.32 Å². The van der Waals surface area contributed by atoms with Crippen LogP contribution in [0.5, 0.6) is 0 Å². The molecule has 9 heteroatoms. The summed E-state index contributed by atoms with van der Waals surface area (Å²) < 4.78 is 18.3. The average molecular weight is 421 g/mol. The SMILES string of the molecule is C[C@@H](c1ccc(F)cc1)N1C(=O)[C@@H]2CC1CN2C[C@H](NC(=O)OC(C)(C)C)C(=O)O. The highest BCUT2D eigenvalue weighted by Crippen LogP contribution is 2.37. The Morgan fingerprint density at radius 3 is 2.47 bits per heavy atom. The molecule has 0 spiro atoms. The molecule has 164 valence electrons. The van der Waals surface area contributed by atoms with Gasteiger partial charge in [-0.1, -0.05) is 12.1 Å². The molecule has 0 aromatic heterocycles. The number of aliphatic carboxylic acids is 1. The number of rotatable bonds is 6. The van der Waals surface area contributed by atoms with Crippen LogP contribution >= 0.6 is 0 Å². The van der Waals surface area contributed by atoms with E-state index < -0.39 is 29.7 Å². The van der Waals surface area contributed by atoms with Crippen molar-refractivity contribution in [2.45, 2.75) is 63.9 Å². The van der Waals surface area contributed by atoms with E-state index in [0.29, 0.717) is 13.0 Å². The van der Waals surface area contributed by atoms with Crippen LogP contribution in [0.1, 0.15) is 45.7 Å². The van der Waals surface area contributed by atoms with Crippen molar-refractivity contribution < 1.29 is 28.6 Å². The van der Waals surface area contributed by atoms with Gasteiger partial charge >= 0.3 is 12.1 Å². The molecular formula is C21H28FN3O5. The van der Waals surface area contributed by atoms with Gasteiger partial charge in [0.05, 0.1) is 12.1 Å². The minimum atomic E-state index is -1.19. The van der Waals surface area contributed by atoms with Gasteiger partial charge in [0.15, 0.2) is 0 Å². The van der Waals surface area contributed by atoms with Gasteiger partial charge in [0.25, 0.3) is 0 Å². The molecule has 2 N–H and O–H groups in total. The maximum absolute atomic E-state index is 13.2. The van der Waals surface area contributed by atoms with Crippen molar-refractivity contribution in [2.75, 3.05) is 13.1 Å². The maximum atomic E-state index is 13.2. The first-order chi connectivity index (χ1) is 14.0. The Kier molecular flexibility index (Phi) is 6.03. The first-order valence-electron chi connectivity index (χ1n) is 10.0. The van der Waals surface area contributed by atoms with Gasteiger partial charge in [0.2, 0.25) is 5.91 Å². The summed E-state index contributed by atoms with van der Waals surface area (Å²) in [5, 5.41) is 11.9. The smallest absolute Gasteiger partial charge is 0.408 e. The molecular weight excluding hydrogens is 393 g/mol. The van der Waals surface area contributed by atoms with Crippen LogP contribution < -0.4 is 5.32 Å². The number of piperazine rings is 1. The summed E-state index contributed by atoms with van der Waals surface area (Å²) in [6.07, 6.45) is -0.208. The first kappa shape index (κ1) is 22.0. The molecule has 1 aromatic carbocycles. The van der Waals surface area contributed by atoms with Crippen molar-refractivity contribution in [1.82, 2.24) is 15.1 Å². The summed E-state index contributed by atoms with van der Waals surface area (Å²) >= 11 is 0. The number of alkyl carbamates (subject to hydrolysis) is 1. The van der Waals surface area contributed by atoms with Crippen LogP contribution in [-0.2, 0) is 14.3 Å². The van der Waals surface area contributed by atoms with Crippen molar-refractivity contribution in [2.24, 2.45) is 0 Å². The molecule has 2 aliphatic heterocycles. The summed E-state index contributed by atoms with van der Waals surface area (Å²) in [5.74, 6) is -1.60. The van der Waals surface area contributed by atoms with Gasteiger partial charge in [-0.05, 0) is 51.8 Å². The van der Waals surface area contributed by atoms with E-state index in [1.165, 1.54) is 12.1 Å². The number of carbonyl (C=O) groups excluding carboxylic acids is 2. The fourth-order valence-corrected chi connectivity index (χ4v) is 4.17. The molecule has 1 aromatic rings. The zero-order valence-corrected chi connectivity index (χ0v) is 17.6. The molecule has 4 atom stereocenters. The Hall–Kier alpha value is -2.68. The van der Waals surface area contributed by atoms with E-state index >= 15 is 0 Å². The number of nitrogens with one attached hydrogen (secondary N) is 1. The number of hydrogen-bond donors (Lipinski definition) is 2. The topological polar surface area (TPSA) is 99.2 Å². The lowest BCUT2D eigenvalue weighted by atomic mass is 10.1. The number of likely N-dealkylation sites (tertiary alicyclic amines) is 2. The number of halogens is 1. The fourth-order valence-electron chi connectivity index (χ4n) is 4.17. The fraction of sp³-hybridized carbons (Fsp3) is 0.571. The van der Waals surface area contributed by atoms with Gasteiger partial charge < -0.3 is 20.1 Å². The second-order valence-electron chi connectivity index (χ2n) is 8.87. The lowest BCUT2D eigenvalue weighted by molar-refractivity contribution is -0.143. The molecule has 2 heterocycles. The predicted molar refractivity (Wildman–Crippen MR) is 106 cm³/mol. The lowest BCUT2D eigenvalue weighted by Crippen LogP contribution is -2.56. The summed E-state index contributed by atoms with van der Waals surface area (Å²) in [6, 6.07) is 4.21. The minimum Gasteiger partial charge on any atom is -0.480 e. The van der Waals surface area contributed by atoms with Gasteiger partial charge in [-0.15, -0.1) is 0 Å². The van der Waals surface area contributed by atoms with Gasteiger partial charge in [-0.2, -0.15) is 0 Å². The number of nitrogens with zero attached hydrogens (tertiary/aromatic N) is 2. The molecule has 2 amide bonds. The van der Waals surface area contributed by atoms with Crippen molar-refractivity contribution in [3.8, 4) is 0 Å². The molecule has 30 heavy (non-hydrogen) atoms. The second kappa shape index (κ2) is 8.22. The highest BCUT2D eigenvalue weighted by Gasteiger charge is 2.51. The largest absolute Gasteiger partial charge is 0.480 e. The maximum Gasteiger partial charge on any atom is 0.408 e. The van der Waals surface area contributed by atoms with Crippen LogP contribution in [0, 0.1) is 5.82 Å². The molecule has 2 saturated heterocycles. The first-order valence-corrected chi connectivity index (χ1v) is 10.0. The van der Waals surface area contributed by atoms with E-state index in [-0.39, 0.29) is 30.4 Å². The number of carboxylic acid groups (broad SMARTS) is 1. The number of ether oxygens (including phenoxy) is 1. The number of carboxylic acids is 1. The van der Waals surface area contributed by atoms with E-state index in [1.54, 1.807) is 42.7 Å². The van der Waals surface area contributed by atoms with Crippen molar-refractivity contribution in [3.63, 3.8) is 0 Å². The number of hydrogen-bond acceptors (Lipinski definition) is 5. The Balaban J connectivity index is 1.64. The molecule has 2 aliphatic rings. The molecule has 2 fully saturated rings. The zero-order chi connectivity index (χ0) is 22.2. The summed E-state index contributed by atoms with van der Waals surface area (Å²) in [4.78, 5) is 40.2. The Bertz CT molecular complexity index is 823. The van der Waals surface area contributed by atoms with Crippen LogP contribution in [0.3, 0.4) is 0 Å². The van der Waals surface area contributed by atoms with Crippen LogP contribution in [0.25, 0.3) is 0 Å². The van der Waals surface area contributed by atoms with Crippen molar-refractivity contribution >= 4 is 18.0 Å². The standard InChI is InChI=1S/C21H28FN3O5/c1-12(13-5-7-14(22)8-6-13)25-15-9-17(18(25)26)24(10-15)11-16(19(27)28)23-20(29)30-21(2,3)4/h5-8,12,15-17H,9-11H2,1-4H3,(H,23,29)(H,27,28)/t12-,15?,16-,17-/m0/s1. The summed E-state index contributed by atoms with van der Waals surface area (Å²) in [6.45, 7) is 7.51. The Labute approximate surface area is 175 Å². The molecule has 1 unspecified atom stereocenters. The van der Waals surface area contributed by atoms with Gasteiger partial charge in [-0.3, -0.25) is 9.69 Å². The van der Waals surface area contributed by atoms with Crippen LogP contribution in [0.2, 0.25) is 0 Å². The van der Waals surface area contributed by atoms with E-state index in [9.17, 15) is 23.9 Å². The summed E-state index contributed by atoms with van der Waals surface area (Å²) in [7, 11) is 0. The van der Waals surface area contributed by atoms with Crippen molar-refractivity contribution in [1.29, 1.82) is 0 Å². The van der Waals surface area contributed by atoms with Crippen LogP contribution in [0.15, 0.2) is 24.3 Å². The third kappa shape index (κ3) is 4.72. The molecule has 2 bridgehead atoms. The van der Waals surface area contributed by atoms with E-state index in [4.69, 9.17) is 4.74 Å². The predicted octanol–water partition coefficient (Wildman–Crippen LogP) is 2.15. The Morgan fingerprint density at radius 1 is 1.30 bits per heavy atom. The minimum absolute atomic E-state index is 0.0141. The monoisotopic (exact) mass is 421 g/mol. The van der Waals surface area contributed by atoms with Crippen LogP contribution in [-0.4, -0.2) is 69.7 Å². The quantitative estimate of drug-likeness (QED) is 0.730. The molecule has 0 saturated carbocycles. The number of benzene rings is 1. The lowest BCUT2D eigenvalue weighted by Gasteiger charge is -2.38. The number of amides is 2. The molecule has 0 radical (unpaired) electrons. The van der Waals surface area contributed by atoms with Gasteiger partial charge in [0.1, 0.15) is 17.5 Å². The van der Waals surface area contributed by atoms with Crippen molar-refractivity contribution in [3.05, 3.63) is 35.6 Å². The van der Waals surface area contributed by atoms with Gasteiger partial charge in [-0.25, -0.2) is 14.0 Å². The van der Waals surface area contributed by atoms with Crippen LogP contribution in [0.4, 0.5) is 9.18 Å². The molecule has 0 aliphatic carbocycles. The summed E-state index contributed by atoms with van der Waals surface area (Å²) in [5.41, 5.74) is 0.103. The molecule has 3 rings (SSSR count). The molecule has 8 nitrogen and oxygen atoms in total. The highest BCUT2D eigenvalue weighted by molar-refractivity contribution is 5.86. The number of fused-ring (bicyclic) bond motifs is 2. The van der Waals surface area contributed by atoms with E-state index in [1.807, 2.05) is 6.92 Å². The number of carbonyl (C=O) groups is 3. The van der Waals surface area contributed by atoms with E-state index in [0.717, 1.165) is 5.56 Å². The highest BCUT2D eigenvalue weighted by atomic mass is 19.1.